The van der Waals surface area contributed by atoms with Gasteiger partial charge in [-0.3, -0.25) is 9.48 Å². The van der Waals surface area contributed by atoms with Crippen LogP contribution in [-0.2, 0) is 4.79 Å². The van der Waals surface area contributed by atoms with Crippen molar-refractivity contribution in [3.8, 4) is 0 Å². The van der Waals surface area contributed by atoms with Crippen molar-refractivity contribution in [2.24, 2.45) is 0 Å². The molecular weight excluding hydrogens is 306 g/mol. The number of aromatic nitrogens is 2. The summed E-state index contributed by atoms with van der Waals surface area (Å²) in [6.45, 7) is 3.91. The van der Waals surface area contributed by atoms with Crippen molar-refractivity contribution >= 4 is 27.5 Å². The lowest BCUT2D eigenvalue weighted by Crippen LogP contribution is -2.18. The summed E-state index contributed by atoms with van der Waals surface area (Å²) in [5.41, 5.74) is 1.75. The molecule has 2 rings (SSSR count). The second kappa shape index (κ2) is 6.02. The van der Waals surface area contributed by atoms with Crippen LogP contribution in [-0.4, -0.2) is 15.7 Å². The third-order valence-electron chi connectivity index (χ3n) is 2.78. The number of nitrogens with zero attached hydrogens (tertiary/aromatic N) is 2. The molecule has 4 nitrogen and oxygen atoms in total. The number of carbonyl (C=O) groups excluding carboxylic acids is 1. The van der Waals surface area contributed by atoms with Gasteiger partial charge in [-0.05, 0) is 38.1 Å². The van der Waals surface area contributed by atoms with Crippen LogP contribution in [0.5, 0.6) is 0 Å². The number of aryl methyl sites for hydroxylation is 1. The zero-order valence-electron chi connectivity index (χ0n) is 10.9. The fraction of sp³-hybridized carbons (Fsp3) is 0.286. The van der Waals surface area contributed by atoms with Gasteiger partial charge in [0.05, 0.1) is 11.7 Å². The molecule has 0 saturated heterocycles. The molecule has 1 unspecified atom stereocenters. The standard InChI is InChI=1S/C14H16BrN3O/c1-10-6-7-18(17-10)11(2)8-14(19)16-13-5-3-4-12(15)9-13/h3-7,9,11H,8H2,1-2H3,(H,16,19). The van der Waals surface area contributed by atoms with Crippen molar-refractivity contribution in [2.75, 3.05) is 5.32 Å². The molecule has 0 radical (unpaired) electrons. The monoisotopic (exact) mass is 321 g/mol. The Bertz CT molecular complexity index is 580. The highest BCUT2D eigenvalue weighted by Crippen LogP contribution is 2.17. The maximum Gasteiger partial charge on any atom is 0.226 e. The summed E-state index contributed by atoms with van der Waals surface area (Å²) < 4.78 is 2.76. The van der Waals surface area contributed by atoms with E-state index in [1.165, 1.54) is 0 Å². The highest BCUT2D eigenvalue weighted by Gasteiger charge is 2.11. The maximum atomic E-state index is 11.9. The van der Waals surface area contributed by atoms with Gasteiger partial charge in [-0.15, -0.1) is 0 Å². The van der Waals surface area contributed by atoms with Crippen molar-refractivity contribution in [1.29, 1.82) is 0 Å². The summed E-state index contributed by atoms with van der Waals surface area (Å²) in [5.74, 6) is -0.0150. The fourth-order valence-electron chi connectivity index (χ4n) is 1.82. The van der Waals surface area contributed by atoms with Gasteiger partial charge in [0, 0.05) is 22.8 Å². The average molecular weight is 322 g/mol. The molecule has 2 aromatic rings. The Morgan fingerprint density at radius 1 is 1.47 bits per heavy atom. The summed E-state index contributed by atoms with van der Waals surface area (Å²) in [6.07, 6.45) is 2.29. The lowest BCUT2D eigenvalue weighted by Gasteiger charge is -2.12. The second-order valence-electron chi connectivity index (χ2n) is 4.55. The van der Waals surface area contributed by atoms with Gasteiger partial charge in [-0.1, -0.05) is 22.0 Å². The van der Waals surface area contributed by atoms with Gasteiger partial charge in [0.2, 0.25) is 5.91 Å². The first-order valence-electron chi connectivity index (χ1n) is 6.12. The first-order valence-corrected chi connectivity index (χ1v) is 6.91. The lowest BCUT2D eigenvalue weighted by atomic mass is 10.2. The van der Waals surface area contributed by atoms with Gasteiger partial charge in [-0.25, -0.2) is 0 Å². The van der Waals surface area contributed by atoms with Crippen molar-refractivity contribution in [2.45, 2.75) is 26.3 Å². The van der Waals surface area contributed by atoms with Crippen LogP contribution < -0.4 is 5.32 Å². The first-order chi connectivity index (χ1) is 9.04. The molecule has 1 aromatic carbocycles. The number of rotatable bonds is 4. The number of carbonyl (C=O) groups is 1. The summed E-state index contributed by atoms with van der Waals surface area (Å²) in [5, 5.41) is 7.19. The van der Waals surface area contributed by atoms with Crippen LogP contribution in [0.4, 0.5) is 5.69 Å². The van der Waals surface area contributed by atoms with Gasteiger partial charge in [0.1, 0.15) is 0 Å². The van der Waals surface area contributed by atoms with Crippen molar-refractivity contribution < 1.29 is 4.79 Å². The lowest BCUT2D eigenvalue weighted by molar-refractivity contribution is -0.116. The topological polar surface area (TPSA) is 46.9 Å². The van der Waals surface area contributed by atoms with Gasteiger partial charge >= 0.3 is 0 Å². The summed E-state index contributed by atoms with van der Waals surface area (Å²) in [6, 6.07) is 9.53. The number of hydrogen-bond donors (Lipinski definition) is 1. The zero-order chi connectivity index (χ0) is 13.8. The molecule has 0 saturated carbocycles. The van der Waals surface area contributed by atoms with Crippen LogP contribution in [0.25, 0.3) is 0 Å². The minimum absolute atomic E-state index is 0.0150. The second-order valence-corrected chi connectivity index (χ2v) is 5.46. The molecule has 0 aliphatic carbocycles. The van der Waals surface area contributed by atoms with E-state index in [9.17, 15) is 4.79 Å². The molecule has 19 heavy (non-hydrogen) atoms. The molecule has 1 atom stereocenters. The quantitative estimate of drug-likeness (QED) is 0.936. The van der Waals surface area contributed by atoms with Gasteiger partial charge in [0.15, 0.2) is 0 Å². The molecule has 1 amide bonds. The van der Waals surface area contributed by atoms with E-state index in [0.29, 0.717) is 6.42 Å². The Kier molecular flexibility index (Phi) is 4.37. The fourth-order valence-corrected chi connectivity index (χ4v) is 2.22. The summed E-state index contributed by atoms with van der Waals surface area (Å²) in [7, 11) is 0. The van der Waals surface area contributed by atoms with Crippen LogP contribution in [0.3, 0.4) is 0 Å². The van der Waals surface area contributed by atoms with E-state index >= 15 is 0 Å². The number of halogens is 1. The Hall–Kier alpha value is -1.62. The predicted octanol–water partition coefficient (Wildman–Crippen LogP) is 3.54. The van der Waals surface area contributed by atoms with E-state index in [1.807, 2.05) is 55.1 Å². The smallest absolute Gasteiger partial charge is 0.226 e. The molecule has 0 aliphatic heterocycles. The number of anilines is 1. The van der Waals surface area contributed by atoms with Crippen molar-refractivity contribution in [3.63, 3.8) is 0 Å². The van der Waals surface area contributed by atoms with E-state index in [1.54, 1.807) is 0 Å². The third kappa shape index (κ3) is 3.92. The maximum absolute atomic E-state index is 11.9. The Labute approximate surface area is 120 Å². The van der Waals surface area contributed by atoms with Crippen molar-refractivity contribution in [3.05, 3.63) is 46.7 Å². The van der Waals surface area contributed by atoms with Gasteiger partial charge in [0.25, 0.3) is 0 Å². The molecular formula is C14H16BrN3O. The van der Waals surface area contributed by atoms with Crippen LogP contribution in [0.1, 0.15) is 25.1 Å². The Balaban J connectivity index is 1.94. The predicted molar refractivity (Wildman–Crippen MR) is 79.1 cm³/mol. The minimum Gasteiger partial charge on any atom is -0.326 e. The van der Waals surface area contributed by atoms with Crippen molar-refractivity contribution in [1.82, 2.24) is 9.78 Å². The van der Waals surface area contributed by atoms with Crippen LogP contribution in [0.15, 0.2) is 41.0 Å². The molecule has 0 bridgehead atoms. The molecule has 0 spiro atoms. The van der Waals surface area contributed by atoms with Gasteiger partial charge < -0.3 is 5.32 Å². The number of amides is 1. The minimum atomic E-state index is -0.0150. The molecule has 1 N–H and O–H groups in total. The molecule has 0 aliphatic rings. The first kappa shape index (κ1) is 13.8. The molecule has 100 valence electrons. The normalized spacial score (nSPS) is 12.2. The van der Waals surface area contributed by atoms with E-state index in [2.05, 4.69) is 26.3 Å². The van der Waals surface area contributed by atoms with Gasteiger partial charge in [-0.2, -0.15) is 5.10 Å². The third-order valence-corrected chi connectivity index (χ3v) is 3.28. The number of hydrogen-bond acceptors (Lipinski definition) is 2. The number of nitrogens with one attached hydrogen (secondary N) is 1. The highest BCUT2D eigenvalue weighted by molar-refractivity contribution is 9.10. The van der Waals surface area contributed by atoms with E-state index < -0.39 is 0 Å². The largest absolute Gasteiger partial charge is 0.326 e. The van der Waals surface area contributed by atoms with E-state index in [-0.39, 0.29) is 11.9 Å². The SMILES string of the molecule is Cc1ccn(C(C)CC(=O)Nc2cccc(Br)c2)n1. The number of benzene rings is 1. The average Bonchev–Trinajstić information content (AvgIpc) is 2.75. The molecule has 1 aromatic heterocycles. The zero-order valence-corrected chi connectivity index (χ0v) is 12.5. The Morgan fingerprint density at radius 3 is 2.89 bits per heavy atom. The summed E-state index contributed by atoms with van der Waals surface area (Å²) >= 11 is 3.38. The summed E-state index contributed by atoms with van der Waals surface area (Å²) in [4.78, 5) is 11.9. The highest BCUT2D eigenvalue weighted by atomic mass is 79.9. The van der Waals surface area contributed by atoms with Crippen LogP contribution in [0, 0.1) is 6.92 Å². The molecule has 0 fully saturated rings. The van der Waals surface area contributed by atoms with E-state index in [0.717, 1.165) is 15.9 Å². The molecule has 1 heterocycles. The van der Waals surface area contributed by atoms with E-state index in [4.69, 9.17) is 0 Å². The van der Waals surface area contributed by atoms with Crippen LogP contribution in [0.2, 0.25) is 0 Å². The molecule has 5 heteroatoms. The Morgan fingerprint density at radius 2 is 2.26 bits per heavy atom. The van der Waals surface area contributed by atoms with Crippen LogP contribution >= 0.6 is 15.9 Å².